The van der Waals surface area contributed by atoms with Crippen LogP contribution in [0.2, 0.25) is 0 Å². The number of allylic oxidation sites excluding steroid dienone is 3. The summed E-state index contributed by atoms with van der Waals surface area (Å²) >= 11 is 0. The molecule has 0 unspecified atom stereocenters. The van der Waals surface area contributed by atoms with Crippen LogP contribution < -0.4 is 10.6 Å². The monoisotopic (exact) mass is 441 g/mol. The minimum Gasteiger partial charge on any atom is -0.352 e. The first-order valence-corrected chi connectivity index (χ1v) is 11.7. The average Bonchev–Trinajstić information content (AvgIpc) is 2.81. The summed E-state index contributed by atoms with van der Waals surface area (Å²) in [6, 6.07) is 16.2. The Hall–Kier alpha value is -3.37. The summed E-state index contributed by atoms with van der Waals surface area (Å²) in [4.78, 5) is 14.9. The van der Waals surface area contributed by atoms with Gasteiger partial charge in [0, 0.05) is 36.7 Å². The molecular weight excluding hydrogens is 406 g/mol. The molecule has 2 N–H and O–H groups in total. The Morgan fingerprint density at radius 1 is 1.03 bits per heavy atom. The molecule has 0 radical (unpaired) electrons. The Balaban J connectivity index is 1.43. The van der Waals surface area contributed by atoms with Crippen LogP contribution in [0.15, 0.2) is 90.4 Å². The molecule has 0 fully saturated rings. The molecule has 0 aliphatic carbocycles. The molecule has 2 aromatic carbocycles. The van der Waals surface area contributed by atoms with Gasteiger partial charge in [-0.2, -0.15) is 0 Å². The third kappa shape index (κ3) is 7.06. The van der Waals surface area contributed by atoms with Crippen LogP contribution in [0.4, 0.5) is 0 Å². The molecule has 0 spiro atoms. The van der Waals surface area contributed by atoms with Gasteiger partial charge in [-0.05, 0) is 62.9 Å². The fraction of sp³-hybridized carbons (Fsp3) is 0.276. The molecule has 172 valence electrons. The zero-order valence-electron chi connectivity index (χ0n) is 20.0. The van der Waals surface area contributed by atoms with Crippen molar-refractivity contribution in [3.05, 3.63) is 113 Å². The second kappa shape index (κ2) is 12.6. The van der Waals surface area contributed by atoms with Gasteiger partial charge in [0.25, 0.3) is 5.91 Å². The van der Waals surface area contributed by atoms with Gasteiger partial charge in [-0.25, -0.2) is 0 Å². The maximum atomic E-state index is 12.7. The molecule has 4 heteroatoms. The van der Waals surface area contributed by atoms with E-state index in [2.05, 4.69) is 84.3 Å². The van der Waals surface area contributed by atoms with E-state index in [9.17, 15) is 4.79 Å². The number of amides is 1. The number of nitrogens with zero attached hydrogens (tertiary/aromatic N) is 1. The van der Waals surface area contributed by atoms with E-state index < -0.39 is 0 Å². The molecule has 1 amide bonds. The second-order valence-electron chi connectivity index (χ2n) is 8.16. The third-order valence-corrected chi connectivity index (χ3v) is 5.62. The lowest BCUT2D eigenvalue weighted by atomic mass is 10.0. The maximum Gasteiger partial charge on any atom is 0.251 e. The number of rotatable bonds is 11. The van der Waals surface area contributed by atoms with Crippen molar-refractivity contribution in [2.75, 3.05) is 13.1 Å². The van der Waals surface area contributed by atoms with Crippen LogP contribution >= 0.6 is 0 Å². The van der Waals surface area contributed by atoms with E-state index in [-0.39, 0.29) is 5.91 Å². The van der Waals surface area contributed by atoms with E-state index in [0.29, 0.717) is 13.1 Å². The lowest BCUT2D eigenvalue weighted by Gasteiger charge is -2.32. The molecule has 4 nitrogen and oxygen atoms in total. The van der Waals surface area contributed by atoms with Crippen molar-refractivity contribution in [2.24, 2.45) is 0 Å². The first kappa shape index (κ1) is 24.3. The Morgan fingerprint density at radius 3 is 2.58 bits per heavy atom. The summed E-state index contributed by atoms with van der Waals surface area (Å²) in [6.45, 7) is 8.34. The van der Waals surface area contributed by atoms with Crippen LogP contribution in [0.3, 0.4) is 0 Å². The fourth-order valence-electron chi connectivity index (χ4n) is 3.82. The van der Waals surface area contributed by atoms with Gasteiger partial charge in [-0.3, -0.25) is 4.79 Å². The molecule has 1 aliphatic heterocycles. The van der Waals surface area contributed by atoms with Gasteiger partial charge >= 0.3 is 0 Å². The minimum atomic E-state index is -0.0176. The molecule has 1 aliphatic rings. The molecular formula is C29H35N3O. The number of nitrogens with one attached hydrogen (secondary N) is 2. The largest absolute Gasteiger partial charge is 0.352 e. The maximum absolute atomic E-state index is 12.7. The third-order valence-electron chi connectivity index (χ3n) is 5.62. The predicted octanol–water partition coefficient (Wildman–Crippen LogP) is 5.94. The van der Waals surface area contributed by atoms with Gasteiger partial charge in [-0.15, -0.1) is 0 Å². The smallest absolute Gasteiger partial charge is 0.251 e. The molecule has 0 saturated heterocycles. The van der Waals surface area contributed by atoms with Gasteiger partial charge in [-0.1, -0.05) is 72.3 Å². The lowest BCUT2D eigenvalue weighted by molar-refractivity contribution is 0.0953. The number of carbonyl (C=O) groups excluding carboxylic acids is 1. The average molecular weight is 442 g/mol. The zero-order chi connectivity index (χ0) is 23.5. The van der Waals surface area contributed by atoms with E-state index in [1.165, 1.54) is 22.4 Å². The molecule has 0 bridgehead atoms. The predicted molar refractivity (Wildman–Crippen MR) is 138 cm³/mol. The summed E-state index contributed by atoms with van der Waals surface area (Å²) in [7, 11) is 0. The van der Waals surface area contributed by atoms with Gasteiger partial charge in [0.05, 0.1) is 0 Å². The number of benzene rings is 2. The van der Waals surface area contributed by atoms with E-state index >= 15 is 0 Å². The lowest BCUT2D eigenvalue weighted by Crippen LogP contribution is -2.27. The molecule has 3 rings (SSSR count). The van der Waals surface area contributed by atoms with Crippen LogP contribution in [0.25, 0.3) is 6.08 Å². The van der Waals surface area contributed by atoms with Crippen LogP contribution in [0.1, 0.15) is 53.7 Å². The van der Waals surface area contributed by atoms with Gasteiger partial charge in [0.2, 0.25) is 0 Å². The van der Waals surface area contributed by atoms with Gasteiger partial charge in [0.15, 0.2) is 0 Å². The number of hydrogen-bond donors (Lipinski definition) is 2. The number of aryl methyl sites for hydroxylation is 1. The van der Waals surface area contributed by atoms with Crippen molar-refractivity contribution in [3.63, 3.8) is 0 Å². The van der Waals surface area contributed by atoms with Crippen molar-refractivity contribution in [1.82, 2.24) is 15.5 Å². The second-order valence-corrected chi connectivity index (χ2v) is 8.16. The van der Waals surface area contributed by atoms with Crippen molar-refractivity contribution in [3.8, 4) is 0 Å². The summed E-state index contributed by atoms with van der Waals surface area (Å²) in [5.41, 5.74) is 6.82. The van der Waals surface area contributed by atoms with Crippen molar-refractivity contribution in [1.29, 1.82) is 0 Å². The number of carbonyl (C=O) groups is 1. The Labute approximate surface area is 198 Å². The molecule has 33 heavy (non-hydrogen) atoms. The molecule has 2 aromatic rings. The van der Waals surface area contributed by atoms with Crippen molar-refractivity contribution < 1.29 is 4.79 Å². The highest BCUT2D eigenvalue weighted by atomic mass is 16.1. The normalized spacial score (nSPS) is 14.7. The van der Waals surface area contributed by atoms with Crippen LogP contribution in [0, 0.1) is 6.92 Å². The Morgan fingerprint density at radius 2 is 1.82 bits per heavy atom. The first-order valence-electron chi connectivity index (χ1n) is 11.7. The zero-order valence-corrected chi connectivity index (χ0v) is 20.0. The molecule has 0 saturated carbocycles. The minimum absolute atomic E-state index is 0.0176. The summed E-state index contributed by atoms with van der Waals surface area (Å²) < 4.78 is 0. The molecule has 0 aromatic heterocycles. The van der Waals surface area contributed by atoms with Crippen LogP contribution in [-0.2, 0) is 6.54 Å². The van der Waals surface area contributed by atoms with Crippen LogP contribution in [0.5, 0.6) is 0 Å². The number of hydrogen-bond acceptors (Lipinski definition) is 3. The van der Waals surface area contributed by atoms with E-state index in [4.69, 9.17) is 0 Å². The van der Waals surface area contributed by atoms with Crippen molar-refractivity contribution in [2.45, 2.75) is 40.2 Å². The van der Waals surface area contributed by atoms with Crippen LogP contribution in [-0.4, -0.2) is 23.9 Å². The highest BCUT2D eigenvalue weighted by Gasteiger charge is 2.19. The Bertz CT molecular complexity index is 1040. The van der Waals surface area contributed by atoms with Gasteiger partial charge < -0.3 is 15.5 Å². The van der Waals surface area contributed by atoms with E-state index in [1.807, 2.05) is 37.3 Å². The summed E-state index contributed by atoms with van der Waals surface area (Å²) in [6.07, 6.45) is 14.4. The van der Waals surface area contributed by atoms with E-state index in [1.54, 1.807) is 0 Å². The first-order chi connectivity index (χ1) is 16.1. The highest BCUT2D eigenvalue weighted by molar-refractivity contribution is 5.95. The highest BCUT2D eigenvalue weighted by Crippen LogP contribution is 2.29. The van der Waals surface area contributed by atoms with Gasteiger partial charge in [0.1, 0.15) is 0 Å². The molecule has 0 atom stereocenters. The quantitative estimate of drug-likeness (QED) is 0.424. The summed E-state index contributed by atoms with van der Waals surface area (Å²) in [5, 5.41) is 6.54. The van der Waals surface area contributed by atoms with E-state index in [0.717, 1.165) is 30.5 Å². The Kier molecular flexibility index (Phi) is 9.28. The molecule has 1 heterocycles. The summed E-state index contributed by atoms with van der Waals surface area (Å²) in [5.74, 6) is -0.0176. The fourth-order valence-corrected chi connectivity index (χ4v) is 3.82. The topological polar surface area (TPSA) is 44.4 Å². The standard InChI is InChI=1S/C29H35N3O/c1-4-20-32-22-26(28(32)5-2)17-19-30-21-25-11-6-7-12-27(25)29(33)31-18-9-8-10-24-15-13-23(3)14-16-24/h4-8,10-16,20,22,30H,9,17-19,21H2,1-3H3,(H,31,33)/b10-8+,20-4+,28-5-. The van der Waals surface area contributed by atoms with Crippen molar-refractivity contribution >= 4 is 12.0 Å². The SMILES string of the molecule is C/C=C1/C(CCNCc2ccccc2C(=O)NCC/C=C/c2ccc(C)cc2)=CN1/C=C/C.